The molecule has 1 aliphatic heterocycles. The minimum absolute atomic E-state index is 0.0855. The van der Waals surface area contributed by atoms with Gasteiger partial charge in [-0.2, -0.15) is 5.26 Å². The van der Waals surface area contributed by atoms with Crippen LogP contribution in [-0.4, -0.2) is 37.1 Å². The molecule has 1 aliphatic carbocycles. The minimum atomic E-state index is -0.0855. The van der Waals surface area contributed by atoms with Crippen molar-refractivity contribution in [3.05, 3.63) is 11.1 Å². The number of hydrogen-bond donors (Lipinski definition) is 0. The average Bonchev–Trinajstić information content (AvgIpc) is 2.70. The number of carbonyl (C=O) groups is 1. The molecular formula is C14H20N2O2. The highest BCUT2D eigenvalue weighted by Crippen LogP contribution is 2.25. The lowest BCUT2D eigenvalue weighted by Crippen LogP contribution is -2.41. The molecule has 0 bridgehead atoms. The molecule has 2 rings (SSSR count). The van der Waals surface area contributed by atoms with Gasteiger partial charge < -0.3 is 9.64 Å². The fourth-order valence-corrected chi connectivity index (χ4v) is 2.61. The van der Waals surface area contributed by atoms with Gasteiger partial charge in [-0.3, -0.25) is 4.79 Å². The van der Waals surface area contributed by atoms with Crippen LogP contribution in [0.15, 0.2) is 11.1 Å². The first-order valence-electron chi connectivity index (χ1n) is 6.82. The Balaban J connectivity index is 2.13. The summed E-state index contributed by atoms with van der Waals surface area (Å²) in [4.78, 5) is 14.1. The van der Waals surface area contributed by atoms with E-state index < -0.39 is 0 Å². The van der Waals surface area contributed by atoms with Crippen LogP contribution < -0.4 is 0 Å². The molecule has 18 heavy (non-hydrogen) atoms. The number of allylic oxidation sites excluding steroid dienone is 1. The molecule has 1 heterocycles. The van der Waals surface area contributed by atoms with E-state index in [-0.39, 0.29) is 5.91 Å². The van der Waals surface area contributed by atoms with Crippen LogP contribution in [-0.2, 0) is 9.53 Å². The first-order chi connectivity index (χ1) is 8.83. The van der Waals surface area contributed by atoms with Crippen LogP contribution in [0, 0.1) is 11.3 Å². The monoisotopic (exact) mass is 248 g/mol. The molecular weight excluding hydrogens is 228 g/mol. The van der Waals surface area contributed by atoms with Gasteiger partial charge in [-0.05, 0) is 31.3 Å². The third kappa shape index (κ3) is 3.11. The van der Waals surface area contributed by atoms with Crippen molar-refractivity contribution in [2.24, 2.45) is 0 Å². The van der Waals surface area contributed by atoms with E-state index in [4.69, 9.17) is 4.74 Å². The third-order valence-electron chi connectivity index (χ3n) is 3.68. The second-order valence-corrected chi connectivity index (χ2v) is 4.91. The molecule has 4 heteroatoms. The second-order valence-electron chi connectivity index (χ2n) is 4.91. The number of carbonyl (C=O) groups excluding carboxylic acids is 1. The molecule has 0 aromatic rings. The van der Waals surface area contributed by atoms with Gasteiger partial charge in [0.05, 0.1) is 13.2 Å². The van der Waals surface area contributed by atoms with E-state index in [0.717, 1.165) is 31.3 Å². The van der Waals surface area contributed by atoms with Crippen molar-refractivity contribution < 1.29 is 9.53 Å². The molecule has 2 fully saturated rings. The number of nitriles is 1. The van der Waals surface area contributed by atoms with Crippen LogP contribution in [0.25, 0.3) is 0 Å². The molecule has 0 N–H and O–H groups in total. The van der Waals surface area contributed by atoms with E-state index in [0.29, 0.717) is 31.9 Å². The van der Waals surface area contributed by atoms with Crippen LogP contribution in [0.4, 0.5) is 0 Å². The van der Waals surface area contributed by atoms with E-state index in [2.05, 4.69) is 6.07 Å². The molecule has 1 amide bonds. The van der Waals surface area contributed by atoms with Crippen molar-refractivity contribution in [3.63, 3.8) is 0 Å². The molecule has 98 valence electrons. The Hall–Kier alpha value is -1.34. The number of amides is 1. The van der Waals surface area contributed by atoms with E-state index in [1.165, 1.54) is 12.8 Å². The number of rotatable bonds is 1. The fourth-order valence-electron chi connectivity index (χ4n) is 2.61. The van der Waals surface area contributed by atoms with Crippen molar-refractivity contribution in [1.29, 1.82) is 5.26 Å². The van der Waals surface area contributed by atoms with Gasteiger partial charge in [0.1, 0.15) is 11.6 Å². The second kappa shape index (κ2) is 6.55. The van der Waals surface area contributed by atoms with Gasteiger partial charge in [-0.15, -0.1) is 0 Å². The number of nitrogens with zero attached hydrogens (tertiary/aromatic N) is 2. The normalized spacial score (nSPS) is 21.1. The summed E-state index contributed by atoms with van der Waals surface area (Å²) in [6, 6.07) is 2.14. The Bertz CT molecular complexity index is 366. The lowest BCUT2D eigenvalue weighted by atomic mass is 10.0. The van der Waals surface area contributed by atoms with Crippen molar-refractivity contribution in [1.82, 2.24) is 4.90 Å². The summed E-state index contributed by atoms with van der Waals surface area (Å²) in [5.41, 5.74) is 1.48. The van der Waals surface area contributed by atoms with Crippen LogP contribution in [0.5, 0.6) is 0 Å². The van der Waals surface area contributed by atoms with E-state index in [1.54, 1.807) is 4.90 Å². The van der Waals surface area contributed by atoms with Crippen LogP contribution in [0.3, 0.4) is 0 Å². The molecule has 2 aliphatic rings. The van der Waals surface area contributed by atoms with E-state index in [9.17, 15) is 10.1 Å². The summed E-state index contributed by atoms with van der Waals surface area (Å²) in [5.74, 6) is -0.0855. The van der Waals surface area contributed by atoms with Gasteiger partial charge in [0.15, 0.2) is 0 Å². The van der Waals surface area contributed by atoms with Crippen LogP contribution in [0.1, 0.15) is 38.5 Å². The van der Waals surface area contributed by atoms with E-state index >= 15 is 0 Å². The Morgan fingerprint density at radius 1 is 1.11 bits per heavy atom. The van der Waals surface area contributed by atoms with Gasteiger partial charge >= 0.3 is 0 Å². The summed E-state index contributed by atoms with van der Waals surface area (Å²) in [6.07, 6.45) is 6.48. The summed E-state index contributed by atoms with van der Waals surface area (Å²) in [6.45, 7) is 2.38. The highest BCUT2D eigenvalue weighted by atomic mass is 16.5. The van der Waals surface area contributed by atoms with E-state index in [1.807, 2.05) is 0 Å². The van der Waals surface area contributed by atoms with Crippen molar-refractivity contribution >= 4 is 5.91 Å². The molecule has 0 atom stereocenters. The lowest BCUT2D eigenvalue weighted by molar-refractivity contribution is -0.130. The molecule has 0 aromatic carbocycles. The third-order valence-corrected chi connectivity index (χ3v) is 3.68. The summed E-state index contributed by atoms with van der Waals surface area (Å²) in [5, 5.41) is 9.28. The van der Waals surface area contributed by atoms with Crippen molar-refractivity contribution in [3.8, 4) is 6.07 Å². The number of morpholine rings is 1. The summed E-state index contributed by atoms with van der Waals surface area (Å²) < 4.78 is 5.24. The fraction of sp³-hybridized carbons (Fsp3) is 0.714. The van der Waals surface area contributed by atoms with Gasteiger partial charge in [-0.1, -0.05) is 12.8 Å². The molecule has 1 saturated heterocycles. The van der Waals surface area contributed by atoms with Crippen molar-refractivity contribution in [2.75, 3.05) is 26.3 Å². The average molecular weight is 248 g/mol. The SMILES string of the molecule is N#CC(C(=O)N1CCOCC1)=C1CCCCCC1. The molecule has 4 nitrogen and oxygen atoms in total. The Kier molecular flexibility index (Phi) is 4.77. The highest BCUT2D eigenvalue weighted by Gasteiger charge is 2.23. The quantitative estimate of drug-likeness (QED) is 0.405. The Labute approximate surface area is 108 Å². The molecule has 0 unspecified atom stereocenters. The van der Waals surface area contributed by atoms with Gasteiger partial charge in [0, 0.05) is 13.1 Å². The standard InChI is InChI=1S/C14H20N2O2/c15-11-13(12-5-3-1-2-4-6-12)14(17)16-7-9-18-10-8-16/h1-10H2. The number of hydrogen-bond acceptors (Lipinski definition) is 3. The highest BCUT2D eigenvalue weighted by molar-refractivity contribution is 5.98. The van der Waals surface area contributed by atoms with Gasteiger partial charge in [0.2, 0.25) is 0 Å². The maximum atomic E-state index is 12.3. The maximum Gasteiger partial charge on any atom is 0.264 e. The minimum Gasteiger partial charge on any atom is -0.378 e. The van der Waals surface area contributed by atoms with Gasteiger partial charge in [-0.25, -0.2) is 0 Å². The zero-order valence-corrected chi connectivity index (χ0v) is 10.8. The first kappa shape index (κ1) is 13.1. The molecule has 0 radical (unpaired) electrons. The Morgan fingerprint density at radius 2 is 1.72 bits per heavy atom. The lowest BCUT2D eigenvalue weighted by Gasteiger charge is -2.27. The Morgan fingerprint density at radius 3 is 2.28 bits per heavy atom. The zero-order chi connectivity index (χ0) is 12.8. The molecule has 1 saturated carbocycles. The smallest absolute Gasteiger partial charge is 0.264 e. The predicted molar refractivity (Wildman–Crippen MR) is 67.7 cm³/mol. The number of ether oxygens (including phenoxy) is 1. The first-order valence-corrected chi connectivity index (χ1v) is 6.82. The summed E-state index contributed by atoms with van der Waals surface area (Å²) in [7, 11) is 0. The van der Waals surface area contributed by atoms with Gasteiger partial charge in [0.25, 0.3) is 5.91 Å². The van der Waals surface area contributed by atoms with Crippen molar-refractivity contribution in [2.45, 2.75) is 38.5 Å². The van der Waals surface area contributed by atoms with Crippen LogP contribution >= 0.6 is 0 Å². The molecule has 0 aromatic heterocycles. The largest absolute Gasteiger partial charge is 0.378 e. The topological polar surface area (TPSA) is 53.3 Å². The molecule has 0 spiro atoms. The summed E-state index contributed by atoms with van der Waals surface area (Å²) >= 11 is 0. The zero-order valence-electron chi connectivity index (χ0n) is 10.8. The predicted octanol–water partition coefficient (Wildman–Crippen LogP) is 2.02. The van der Waals surface area contributed by atoms with Crippen LogP contribution in [0.2, 0.25) is 0 Å². The maximum absolute atomic E-state index is 12.3.